The lowest BCUT2D eigenvalue weighted by molar-refractivity contribution is 0.687. The highest BCUT2D eigenvalue weighted by molar-refractivity contribution is 5.47. The van der Waals surface area contributed by atoms with Gasteiger partial charge in [-0.25, -0.2) is 0 Å². The molecule has 0 atom stereocenters. The van der Waals surface area contributed by atoms with Crippen molar-refractivity contribution in [3.63, 3.8) is 0 Å². The summed E-state index contributed by atoms with van der Waals surface area (Å²) in [6, 6.07) is 19.0. The Morgan fingerprint density at radius 2 is 1.62 bits per heavy atom. The van der Waals surface area contributed by atoms with Crippen molar-refractivity contribution in [2.75, 3.05) is 5.32 Å². The van der Waals surface area contributed by atoms with Gasteiger partial charge in [-0.15, -0.1) is 0 Å². The molecule has 0 fully saturated rings. The Bertz CT molecular complexity index is 633. The van der Waals surface area contributed by atoms with Crippen LogP contribution in [0.2, 0.25) is 0 Å². The van der Waals surface area contributed by atoms with Crippen LogP contribution in [0.5, 0.6) is 0 Å². The predicted molar refractivity (Wildman–Crippen MR) is 88.2 cm³/mol. The van der Waals surface area contributed by atoms with Crippen LogP contribution in [-0.4, -0.2) is 0 Å². The molecule has 1 N–H and O–H groups in total. The third-order valence-electron chi connectivity index (χ3n) is 3.87. The number of hydrogen-bond donors (Lipinski definition) is 1. The van der Waals surface area contributed by atoms with E-state index < -0.39 is 5.41 Å². The van der Waals surface area contributed by atoms with Gasteiger partial charge in [0, 0.05) is 12.2 Å². The summed E-state index contributed by atoms with van der Waals surface area (Å²) < 4.78 is 0. The van der Waals surface area contributed by atoms with Crippen molar-refractivity contribution < 1.29 is 0 Å². The quantitative estimate of drug-likeness (QED) is 0.863. The van der Waals surface area contributed by atoms with Gasteiger partial charge in [0.2, 0.25) is 0 Å². The molecule has 0 unspecified atom stereocenters. The minimum Gasteiger partial charge on any atom is -0.381 e. The van der Waals surface area contributed by atoms with Crippen molar-refractivity contribution in [3.8, 4) is 6.07 Å². The topological polar surface area (TPSA) is 35.8 Å². The first-order valence-corrected chi connectivity index (χ1v) is 7.39. The zero-order valence-electron chi connectivity index (χ0n) is 13.0. The van der Waals surface area contributed by atoms with Gasteiger partial charge in [-0.05, 0) is 49.1 Å². The van der Waals surface area contributed by atoms with E-state index in [1.807, 2.05) is 38.1 Å². The molecular weight excluding hydrogens is 256 g/mol. The fourth-order valence-corrected chi connectivity index (χ4v) is 2.34. The van der Waals surface area contributed by atoms with E-state index in [2.05, 4.69) is 42.6 Å². The fraction of sp³-hybridized carbons (Fsp3) is 0.316. The zero-order valence-corrected chi connectivity index (χ0v) is 13.0. The van der Waals surface area contributed by atoms with Gasteiger partial charge in [-0.3, -0.25) is 0 Å². The molecule has 0 bridgehead atoms. The maximum Gasteiger partial charge on any atom is 0.0766 e. The average molecular weight is 278 g/mol. The number of hydrogen-bond acceptors (Lipinski definition) is 2. The number of aryl methyl sites for hydroxylation is 1. The molecule has 21 heavy (non-hydrogen) atoms. The van der Waals surface area contributed by atoms with Crippen LogP contribution in [0.1, 0.15) is 37.5 Å². The maximum absolute atomic E-state index is 9.16. The van der Waals surface area contributed by atoms with Gasteiger partial charge in [-0.1, -0.05) is 43.3 Å². The van der Waals surface area contributed by atoms with E-state index in [4.69, 9.17) is 5.26 Å². The summed E-state index contributed by atoms with van der Waals surface area (Å²) in [7, 11) is 0. The third kappa shape index (κ3) is 3.64. The molecular formula is C19H22N2. The average Bonchev–Trinajstić information content (AvgIpc) is 2.53. The van der Waals surface area contributed by atoms with Gasteiger partial charge in [0.05, 0.1) is 11.5 Å². The van der Waals surface area contributed by atoms with Crippen LogP contribution in [0.25, 0.3) is 0 Å². The van der Waals surface area contributed by atoms with E-state index >= 15 is 0 Å². The predicted octanol–water partition coefficient (Wildman–Crippen LogP) is 4.66. The lowest BCUT2D eigenvalue weighted by atomic mass is 9.86. The molecule has 2 aromatic carbocycles. The molecule has 2 rings (SSSR count). The van der Waals surface area contributed by atoms with E-state index in [-0.39, 0.29) is 0 Å². The Kier molecular flexibility index (Phi) is 4.65. The second-order valence-corrected chi connectivity index (χ2v) is 5.79. The van der Waals surface area contributed by atoms with Gasteiger partial charge in [0.25, 0.3) is 0 Å². The van der Waals surface area contributed by atoms with E-state index in [0.717, 1.165) is 24.2 Å². The van der Waals surface area contributed by atoms with Gasteiger partial charge in [-0.2, -0.15) is 5.26 Å². The first kappa shape index (κ1) is 15.1. The molecule has 0 aliphatic carbocycles. The first-order valence-electron chi connectivity index (χ1n) is 7.39. The van der Waals surface area contributed by atoms with Crippen LogP contribution in [0.15, 0.2) is 48.5 Å². The van der Waals surface area contributed by atoms with Crippen molar-refractivity contribution in [1.82, 2.24) is 0 Å². The zero-order chi connectivity index (χ0) is 15.3. The number of nitriles is 1. The molecule has 0 aliphatic rings. The maximum atomic E-state index is 9.16. The van der Waals surface area contributed by atoms with E-state index in [1.54, 1.807) is 0 Å². The Labute approximate surface area is 127 Å². The van der Waals surface area contributed by atoms with E-state index in [0.29, 0.717) is 0 Å². The van der Waals surface area contributed by atoms with Gasteiger partial charge >= 0.3 is 0 Å². The highest BCUT2D eigenvalue weighted by Gasteiger charge is 2.18. The number of benzene rings is 2. The normalized spacial score (nSPS) is 11.0. The Hall–Kier alpha value is -2.27. The molecule has 108 valence electrons. The van der Waals surface area contributed by atoms with Crippen LogP contribution in [0, 0.1) is 11.3 Å². The molecule has 2 nitrogen and oxygen atoms in total. The summed E-state index contributed by atoms with van der Waals surface area (Å²) in [6.45, 7) is 6.88. The molecule has 2 aromatic rings. The molecule has 2 heteroatoms. The standard InChI is InChI=1S/C19H22N2/c1-4-15-7-5-6-8-16(15)13-21-18-11-9-17(10-12-18)19(2,3)14-20/h5-12,21H,4,13H2,1-3H3. The van der Waals surface area contributed by atoms with Gasteiger partial charge < -0.3 is 5.32 Å². The molecule has 0 aromatic heterocycles. The molecule has 0 heterocycles. The molecule has 0 spiro atoms. The number of nitrogens with one attached hydrogen (secondary N) is 1. The summed E-state index contributed by atoms with van der Waals surface area (Å²) >= 11 is 0. The van der Waals surface area contributed by atoms with Crippen LogP contribution < -0.4 is 5.32 Å². The number of rotatable bonds is 5. The summed E-state index contributed by atoms with van der Waals surface area (Å²) in [5, 5.41) is 12.6. The summed E-state index contributed by atoms with van der Waals surface area (Å²) in [5.74, 6) is 0. The van der Waals surface area contributed by atoms with Crippen molar-refractivity contribution >= 4 is 5.69 Å². The smallest absolute Gasteiger partial charge is 0.0766 e. The minimum absolute atomic E-state index is 0.437. The van der Waals surface area contributed by atoms with Crippen molar-refractivity contribution in [2.45, 2.75) is 39.2 Å². The minimum atomic E-state index is -0.437. The van der Waals surface area contributed by atoms with Crippen LogP contribution in [0.3, 0.4) is 0 Å². The SMILES string of the molecule is CCc1ccccc1CNc1ccc(C(C)(C)C#N)cc1. The highest BCUT2D eigenvalue weighted by atomic mass is 14.9. The molecule has 0 radical (unpaired) electrons. The van der Waals surface area contributed by atoms with Gasteiger partial charge in [0.15, 0.2) is 0 Å². The lowest BCUT2D eigenvalue weighted by Crippen LogP contribution is -2.13. The first-order chi connectivity index (χ1) is 10.1. The largest absolute Gasteiger partial charge is 0.381 e. The van der Waals surface area contributed by atoms with Gasteiger partial charge in [0.1, 0.15) is 0 Å². The molecule has 0 amide bonds. The van der Waals surface area contributed by atoms with Crippen molar-refractivity contribution in [1.29, 1.82) is 5.26 Å². The number of nitrogens with zero attached hydrogens (tertiary/aromatic N) is 1. The summed E-state index contributed by atoms with van der Waals surface area (Å²) in [4.78, 5) is 0. The van der Waals surface area contributed by atoms with Crippen LogP contribution in [0.4, 0.5) is 5.69 Å². The lowest BCUT2D eigenvalue weighted by Gasteiger charge is -2.16. The Morgan fingerprint density at radius 3 is 2.19 bits per heavy atom. The molecule has 0 saturated heterocycles. The monoisotopic (exact) mass is 278 g/mol. The molecule has 0 saturated carbocycles. The Morgan fingerprint density at radius 1 is 1.00 bits per heavy atom. The summed E-state index contributed by atoms with van der Waals surface area (Å²) in [5.41, 5.74) is 4.41. The number of anilines is 1. The van der Waals surface area contributed by atoms with Crippen LogP contribution >= 0.6 is 0 Å². The second-order valence-electron chi connectivity index (χ2n) is 5.79. The highest BCUT2D eigenvalue weighted by Crippen LogP contribution is 2.23. The van der Waals surface area contributed by atoms with Crippen molar-refractivity contribution in [3.05, 3.63) is 65.2 Å². The Balaban J connectivity index is 2.06. The summed E-state index contributed by atoms with van der Waals surface area (Å²) in [6.07, 6.45) is 1.05. The second kappa shape index (κ2) is 6.45. The third-order valence-corrected chi connectivity index (χ3v) is 3.87. The van der Waals surface area contributed by atoms with Crippen LogP contribution in [-0.2, 0) is 18.4 Å². The van der Waals surface area contributed by atoms with Crippen molar-refractivity contribution in [2.24, 2.45) is 0 Å². The fourth-order valence-electron chi connectivity index (χ4n) is 2.34. The molecule has 0 aliphatic heterocycles. The van der Waals surface area contributed by atoms with E-state index in [1.165, 1.54) is 11.1 Å². The van der Waals surface area contributed by atoms with E-state index in [9.17, 15) is 0 Å².